The summed E-state index contributed by atoms with van der Waals surface area (Å²) < 4.78 is 39.7. The zero-order chi connectivity index (χ0) is 16.3. The van der Waals surface area contributed by atoms with Crippen molar-refractivity contribution in [2.45, 2.75) is 50.5 Å². The fourth-order valence-electron chi connectivity index (χ4n) is 2.66. The number of alkyl halides is 3. The zero-order valence-electron chi connectivity index (χ0n) is 12.4. The Hall–Kier alpha value is -1.60. The number of hydrogen-bond donors (Lipinski definition) is 3. The van der Waals surface area contributed by atoms with E-state index in [1.165, 1.54) is 12.1 Å². The molecule has 0 spiro atoms. The fraction of sp³-hybridized carbons (Fsp3) is 0.533. The summed E-state index contributed by atoms with van der Waals surface area (Å²) in [6, 6.07) is 7.21. The summed E-state index contributed by atoms with van der Waals surface area (Å²) in [4.78, 5) is 12.1. The molecule has 122 valence electrons. The average Bonchev–Trinajstić information content (AvgIpc) is 2.76. The molecule has 1 fully saturated rings. The first-order chi connectivity index (χ1) is 10.3. The summed E-state index contributed by atoms with van der Waals surface area (Å²) in [5.74, 6) is -2.39. The van der Waals surface area contributed by atoms with Crippen LogP contribution in [0.4, 0.5) is 13.2 Å². The van der Waals surface area contributed by atoms with Gasteiger partial charge < -0.3 is 5.32 Å². The summed E-state index contributed by atoms with van der Waals surface area (Å²) >= 11 is 0. The molecular weight excluding hydrogens is 295 g/mol. The SMILES string of the molecule is CC1NNC(C)C1NC(=O)CC(c1ccccc1)C(F)(F)F. The number of hydrazine groups is 1. The van der Waals surface area contributed by atoms with Gasteiger partial charge in [0.1, 0.15) is 0 Å². The van der Waals surface area contributed by atoms with E-state index in [-0.39, 0.29) is 23.7 Å². The van der Waals surface area contributed by atoms with Crippen LogP contribution in [0.2, 0.25) is 0 Å². The lowest BCUT2D eigenvalue weighted by Gasteiger charge is -2.23. The average molecular weight is 315 g/mol. The van der Waals surface area contributed by atoms with Gasteiger partial charge in [-0.15, -0.1) is 0 Å². The second-order valence-electron chi connectivity index (χ2n) is 5.67. The van der Waals surface area contributed by atoms with Gasteiger partial charge in [0.15, 0.2) is 0 Å². The monoisotopic (exact) mass is 315 g/mol. The Kier molecular flexibility index (Phi) is 5.08. The second kappa shape index (κ2) is 6.66. The zero-order valence-corrected chi connectivity index (χ0v) is 12.4. The predicted molar refractivity (Wildman–Crippen MR) is 77.0 cm³/mol. The number of rotatable bonds is 4. The van der Waals surface area contributed by atoms with E-state index >= 15 is 0 Å². The minimum Gasteiger partial charge on any atom is -0.350 e. The maximum absolute atomic E-state index is 13.2. The fourth-order valence-corrected chi connectivity index (χ4v) is 2.66. The Morgan fingerprint density at radius 3 is 2.23 bits per heavy atom. The molecule has 0 bridgehead atoms. The van der Waals surface area contributed by atoms with E-state index in [0.29, 0.717) is 0 Å². The van der Waals surface area contributed by atoms with E-state index in [1.807, 2.05) is 13.8 Å². The molecule has 0 saturated carbocycles. The molecule has 0 aromatic heterocycles. The van der Waals surface area contributed by atoms with Crippen LogP contribution in [0.3, 0.4) is 0 Å². The van der Waals surface area contributed by atoms with Gasteiger partial charge >= 0.3 is 6.18 Å². The third kappa shape index (κ3) is 3.98. The molecule has 1 heterocycles. The number of halogens is 3. The smallest absolute Gasteiger partial charge is 0.350 e. The maximum atomic E-state index is 13.2. The Morgan fingerprint density at radius 1 is 1.18 bits per heavy atom. The van der Waals surface area contributed by atoms with E-state index in [1.54, 1.807) is 18.2 Å². The topological polar surface area (TPSA) is 53.2 Å². The van der Waals surface area contributed by atoms with E-state index < -0.39 is 24.4 Å². The first-order valence-corrected chi connectivity index (χ1v) is 7.21. The molecule has 1 aliphatic heterocycles. The van der Waals surface area contributed by atoms with Gasteiger partial charge in [-0.2, -0.15) is 13.2 Å². The lowest BCUT2D eigenvalue weighted by molar-refractivity contribution is -0.157. The van der Waals surface area contributed by atoms with Crippen molar-refractivity contribution < 1.29 is 18.0 Å². The van der Waals surface area contributed by atoms with Gasteiger partial charge in [-0.25, -0.2) is 0 Å². The van der Waals surface area contributed by atoms with E-state index in [9.17, 15) is 18.0 Å². The molecule has 1 amide bonds. The van der Waals surface area contributed by atoms with Crippen molar-refractivity contribution in [3.05, 3.63) is 35.9 Å². The van der Waals surface area contributed by atoms with Crippen LogP contribution in [0.1, 0.15) is 31.7 Å². The maximum Gasteiger partial charge on any atom is 0.396 e. The van der Waals surface area contributed by atoms with Crippen LogP contribution < -0.4 is 16.2 Å². The van der Waals surface area contributed by atoms with Crippen LogP contribution in [0.15, 0.2) is 30.3 Å². The van der Waals surface area contributed by atoms with Crippen LogP contribution in [0.5, 0.6) is 0 Å². The summed E-state index contributed by atoms with van der Waals surface area (Å²) in [5, 5.41) is 2.69. The summed E-state index contributed by atoms with van der Waals surface area (Å²) in [6.07, 6.45) is -5.06. The highest BCUT2D eigenvalue weighted by atomic mass is 19.4. The molecule has 2 rings (SSSR count). The number of carbonyl (C=O) groups is 1. The van der Waals surface area contributed by atoms with Gasteiger partial charge in [0, 0.05) is 18.5 Å². The molecular formula is C15H20F3N3O. The Balaban J connectivity index is 2.06. The molecule has 1 aromatic rings. The van der Waals surface area contributed by atoms with Crippen molar-refractivity contribution in [2.75, 3.05) is 0 Å². The highest BCUT2D eigenvalue weighted by molar-refractivity contribution is 5.77. The molecule has 7 heteroatoms. The normalized spacial score (nSPS) is 26.7. The van der Waals surface area contributed by atoms with Crippen LogP contribution in [0, 0.1) is 0 Å². The van der Waals surface area contributed by atoms with Crippen molar-refractivity contribution in [1.82, 2.24) is 16.2 Å². The van der Waals surface area contributed by atoms with Gasteiger partial charge in [-0.3, -0.25) is 15.6 Å². The standard InChI is InChI=1S/C15H20F3N3O/c1-9-14(10(2)21-20-9)19-13(22)8-12(15(16,17)18)11-6-4-3-5-7-11/h3-7,9-10,12,14,20-21H,8H2,1-2H3,(H,19,22). The molecule has 4 nitrogen and oxygen atoms in total. The number of benzene rings is 1. The minimum atomic E-state index is -4.46. The third-order valence-electron chi connectivity index (χ3n) is 3.93. The third-order valence-corrected chi connectivity index (χ3v) is 3.93. The molecule has 3 atom stereocenters. The van der Waals surface area contributed by atoms with Gasteiger partial charge in [-0.05, 0) is 19.4 Å². The van der Waals surface area contributed by atoms with Gasteiger partial charge in [0.05, 0.1) is 12.0 Å². The van der Waals surface area contributed by atoms with Gasteiger partial charge in [0.2, 0.25) is 5.91 Å². The quantitative estimate of drug-likeness (QED) is 0.797. The van der Waals surface area contributed by atoms with Crippen LogP contribution in [0.25, 0.3) is 0 Å². The molecule has 0 aliphatic carbocycles. The molecule has 22 heavy (non-hydrogen) atoms. The highest BCUT2D eigenvalue weighted by Crippen LogP contribution is 2.37. The number of hydrogen-bond acceptors (Lipinski definition) is 3. The van der Waals surface area contributed by atoms with Crippen molar-refractivity contribution in [3.63, 3.8) is 0 Å². The molecule has 3 N–H and O–H groups in total. The van der Waals surface area contributed by atoms with Crippen LogP contribution in [-0.2, 0) is 4.79 Å². The van der Waals surface area contributed by atoms with Crippen molar-refractivity contribution >= 4 is 5.91 Å². The number of nitrogens with one attached hydrogen (secondary N) is 3. The van der Waals surface area contributed by atoms with Crippen LogP contribution in [-0.4, -0.2) is 30.2 Å². The molecule has 1 aliphatic rings. The van der Waals surface area contributed by atoms with Crippen LogP contribution >= 0.6 is 0 Å². The highest BCUT2D eigenvalue weighted by Gasteiger charge is 2.42. The first kappa shape index (κ1) is 16.8. The molecule has 0 radical (unpaired) electrons. The lowest BCUT2D eigenvalue weighted by atomic mass is 9.94. The van der Waals surface area contributed by atoms with E-state index in [0.717, 1.165) is 0 Å². The Bertz CT molecular complexity index is 497. The number of carbonyl (C=O) groups excluding carboxylic acids is 1. The Labute approximate surface area is 127 Å². The van der Waals surface area contributed by atoms with Gasteiger partial charge in [-0.1, -0.05) is 30.3 Å². The molecule has 3 unspecified atom stereocenters. The Morgan fingerprint density at radius 2 is 1.73 bits per heavy atom. The summed E-state index contributed by atoms with van der Waals surface area (Å²) in [7, 11) is 0. The largest absolute Gasteiger partial charge is 0.396 e. The lowest BCUT2D eigenvalue weighted by Crippen LogP contribution is -2.47. The second-order valence-corrected chi connectivity index (χ2v) is 5.67. The predicted octanol–water partition coefficient (Wildman–Crippen LogP) is 2.09. The summed E-state index contributed by atoms with van der Waals surface area (Å²) in [5.41, 5.74) is 6.01. The van der Waals surface area contributed by atoms with Crippen molar-refractivity contribution in [1.29, 1.82) is 0 Å². The van der Waals surface area contributed by atoms with E-state index in [4.69, 9.17) is 0 Å². The van der Waals surface area contributed by atoms with E-state index in [2.05, 4.69) is 16.2 Å². The summed E-state index contributed by atoms with van der Waals surface area (Å²) in [6.45, 7) is 3.72. The molecule has 1 saturated heterocycles. The number of amides is 1. The molecule has 1 aromatic carbocycles. The van der Waals surface area contributed by atoms with Crippen molar-refractivity contribution in [3.8, 4) is 0 Å². The first-order valence-electron chi connectivity index (χ1n) is 7.21. The van der Waals surface area contributed by atoms with Crippen molar-refractivity contribution in [2.24, 2.45) is 0 Å². The minimum absolute atomic E-state index is 0.0417. The van der Waals surface area contributed by atoms with Gasteiger partial charge in [0.25, 0.3) is 0 Å².